The molecule has 0 unspecified atom stereocenters. The van der Waals surface area contributed by atoms with Gasteiger partial charge in [-0.3, -0.25) is 4.79 Å². The zero-order valence-corrected chi connectivity index (χ0v) is 12.5. The average Bonchev–Trinajstić information content (AvgIpc) is 2.73. The standard InChI is InChI=1S/C11H15ClN4O3S/c1-2-4-9-15-11(20(12,18)19)8-16(9)7-10(17)14-6-3-5-13/h8H,2-4,6-7H2,1H3,(H,14,17). The Kier molecular flexibility index (Phi) is 5.98. The number of hydrogen-bond donors (Lipinski definition) is 1. The number of imidazole rings is 1. The molecule has 0 radical (unpaired) electrons. The summed E-state index contributed by atoms with van der Waals surface area (Å²) < 4.78 is 24.0. The molecule has 9 heteroatoms. The zero-order valence-electron chi connectivity index (χ0n) is 11.0. The third-order valence-corrected chi connectivity index (χ3v) is 3.60. The second kappa shape index (κ2) is 7.26. The quantitative estimate of drug-likeness (QED) is 0.591. The first-order valence-electron chi connectivity index (χ1n) is 6.02. The van der Waals surface area contributed by atoms with Crippen molar-refractivity contribution in [3.8, 4) is 6.07 Å². The van der Waals surface area contributed by atoms with Crippen LogP contribution in [0.1, 0.15) is 25.6 Å². The Hall–Kier alpha value is -1.59. The van der Waals surface area contributed by atoms with Gasteiger partial charge in [0.05, 0.1) is 12.5 Å². The van der Waals surface area contributed by atoms with Crippen molar-refractivity contribution in [3.05, 3.63) is 12.0 Å². The topological polar surface area (TPSA) is 105 Å². The van der Waals surface area contributed by atoms with Crippen molar-refractivity contribution in [2.24, 2.45) is 0 Å². The molecule has 1 aromatic rings. The van der Waals surface area contributed by atoms with Crippen molar-refractivity contribution in [1.29, 1.82) is 5.26 Å². The molecule has 20 heavy (non-hydrogen) atoms. The molecule has 0 spiro atoms. The van der Waals surface area contributed by atoms with Crippen LogP contribution in [0.25, 0.3) is 0 Å². The number of amides is 1. The molecular formula is C11H15ClN4O3S. The van der Waals surface area contributed by atoms with Crippen LogP contribution in [0.15, 0.2) is 11.2 Å². The molecule has 0 atom stereocenters. The Bertz CT molecular complexity index is 618. The molecule has 0 fully saturated rings. The molecule has 1 heterocycles. The van der Waals surface area contributed by atoms with E-state index in [9.17, 15) is 13.2 Å². The van der Waals surface area contributed by atoms with Gasteiger partial charge in [0.1, 0.15) is 12.4 Å². The number of carbonyl (C=O) groups is 1. The van der Waals surface area contributed by atoms with Crippen molar-refractivity contribution in [3.63, 3.8) is 0 Å². The van der Waals surface area contributed by atoms with Crippen LogP contribution in [-0.4, -0.2) is 30.4 Å². The molecule has 0 aliphatic rings. The lowest BCUT2D eigenvalue weighted by atomic mass is 10.3. The van der Waals surface area contributed by atoms with Crippen molar-refractivity contribution >= 4 is 25.6 Å². The van der Waals surface area contributed by atoms with Gasteiger partial charge in [0.2, 0.25) is 5.91 Å². The Morgan fingerprint density at radius 1 is 1.60 bits per heavy atom. The van der Waals surface area contributed by atoms with Gasteiger partial charge in [0, 0.05) is 29.8 Å². The third kappa shape index (κ3) is 4.83. The average molecular weight is 319 g/mol. The van der Waals surface area contributed by atoms with Gasteiger partial charge >= 0.3 is 0 Å². The largest absolute Gasteiger partial charge is 0.354 e. The fourth-order valence-electron chi connectivity index (χ4n) is 1.57. The highest BCUT2D eigenvalue weighted by Gasteiger charge is 2.18. The molecule has 0 bridgehead atoms. The summed E-state index contributed by atoms with van der Waals surface area (Å²) in [5.41, 5.74) is 0. The van der Waals surface area contributed by atoms with Crippen LogP contribution >= 0.6 is 10.7 Å². The lowest BCUT2D eigenvalue weighted by Crippen LogP contribution is -2.28. The highest BCUT2D eigenvalue weighted by Crippen LogP contribution is 2.15. The maximum absolute atomic E-state index is 11.7. The van der Waals surface area contributed by atoms with Crippen LogP contribution in [0.4, 0.5) is 0 Å². The smallest absolute Gasteiger partial charge is 0.280 e. The summed E-state index contributed by atoms with van der Waals surface area (Å²) in [4.78, 5) is 15.6. The number of aryl methyl sites for hydroxylation is 1. The Labute approximate surface area is 122 Å². The van der Waals surface area contributed by atoms with Crippen LogP contribution in [0.3, 0.4) is 0 Å². The summed E-state index contributed by atoms with van der Waals surface area (Å²) in [5, 5.41) is 10.7. The van der Waals surface area contributed by atoms with E-state index >= 15 is 0 Å². The van der Waals surface area contributed by atoms with Gasteiger partial charge in [0.15, 0.2) is 5.03 Å². The number of nitriles is 1. The van der Waals surface area contributed by atoms with Crippen LogP contribution in [0.2, 0.25) is 0 Å². The predicted octanol–water partition coefficient (Wildman–Crippen LogP) is 0.793. The lowest BCUT2D eigenvalue weighted by molar-refractivity contribution is -0.121. The number of carbonyl (C=O) groups excluding carboxylic acids is 1. The van der Waals surface area contributed by atoms with Crippen LogP contribution in [0.5, 0.6) is 0 Å². The summed E-state index contributed by atoms with van der Waals surface area (Å²) in [6.07, 6.45) is 2.77. The van der Waals surface area contributed by atoms with Gasteiger partial charge in [-0.25, -0.2) is 13.4 Å². The normalized spacial score (nSPS) is 11.1. The highest BCUT2D eigenvalue weighted by atomic mass is 35.7. The van der Waals surface area contributed by atoms with Gasteiger partial charge in [-0.1, -0.05) is 6.92 Å². The van der Waals surface area contributed by atoms with E-state index < -0.39 is 9.05 Å². The van der Waals surface area contributed by atoms with E-state index in [-0.39, 0.29) is 30.4 Å². The first kappa shape index (κ1) is 16.5. The van der Waals surface area contributed by atoms with Crippen molar-refractivity contribution in [1.82, 2.24) is 14.9 Å². The van der Waals surface area contributed by atoms with Crippen molar-refractivity contribution in [2.75, 3.05) is 6.54 Å². The molecule has 1 N–H and O–H groups in total. The van der Waals surface area contributed by atoms with Gasteiger partial charge in [-0.2, -0.15) is 5.26 Å². The van der Waals surface area contributed by atoms with E-state index in [0.717, 1.165) is 6.42 Å². The molecule has 0 aliphatic carbocycles. The van der Waals surface area contributed by atoms with Gasteiger partial charge in [-0.15, -0.1) is 0 Å². The Morgan fingerprint density at radius 2 is 2.30 bits per heavy atom. The molecule has 110 valence electrons. The van der Waals surface area contributed by atoms with E-state index in [4.69, 9.17) is 15.9 Å². The summed E-state index contributed by atoms with van der Waals surface area (Å²) >= 11 is 0. The second-order valence-corrected chi connectivity index (χ2v) is 6.58. The third-order valence-electron chi connectivity index (χ3n) is 2.43. The van der Waals surface area contributed by atoms with E-state index in [1.807, 2.05) is 13.0 Å². The summed E-state index contributed by atoms with van der Waals surface area (Å²) in [7, 11) is 1.33. The highest BCUT2D eigenvalue weighted by molar-refractivity contribution is 8.13. The molecule has 0 aromatic carbocycles. The van der Waals surface area contributed by atoms with E-state index in [0.29, 0.717) is 12.2 Å². The van der Waals surface area contributed by atoms with Crippen molar-refractivity contribution in [2.45, 2.75) is 37.8 Å². The van der Waals surface area contributed by atoms with Crippen LogP contribution in [0, 0.1) is 11.3 Å². The minimum Gasteiger partial charge on any atom is -0.354 e. The Morgan fingerprint density at radius 3 is 2.85 bits per heavy atom. The molecule has 7 nitrogen and oxygen atoms in total. The van der Waals surface area contributed by atoms with Crippen molar-refractivity contribution < 1.29 is 13.2 Å². The maximum Gasteiger partial charge on any atom is 0.280 e. The molecule has 1 rings (SSSR count). The maximum atomic E-state index is 11.7. The minimum absolute atomic E-state index is 0.0554. The van der Waals surface area contributed by atoms with E-state index in [1.54, 1.807) is 0 Å². The molecule has 1 aromatic heterocycles. The zero-order chi connectivity index (χ0) is 15.2. The summed E-state index contributed by atoms with van der Waals surface area (Å²) in [5.74, 6) is 0.177. The number of nitrogens with zero attached hydrogens (tertiary/aromatic N) is 3. The molecular weight excluding hydrogens is 304 g/mol. The SMILES string of the molecule is CCCc1nc(S(=O)(=O)Cl)cn1CC(=O)NCCC#N. The fraction of sp³-hybridized carbons (Fsp3) is 0.545. The number of aromatic nitrogens is 2. The molecule has 0 saturated heterocycles. The van der Waals surface area contributed by atoms with Gasteiger partial charge < -0.3 is 9.88 Å². The van der Waals surface area contributed by atoms with Gasteiger partial charge in [-0.05, 0) is 6.42 Å². The van der Waals surface area contributed by atoms with Crippen LogP contribution in [-0.2, 0) is 26.8 Å². The van der Waals surface area contributed by atoms with Crippen LogP contribution < -0.4 is 5.32 Å². The second-order valence-electron chi connectivity index (χ2n) is 4.07. The van der Waals surface area contributed by atoms with E-state index in [1.165, 1.54) is 10.8 Å². The summed E-state index contributed by atoms with van der Waals surface area (Å²) in [6, 6.07) is 1.91. The fourth-order valence-corrected chi connectivity index (χ4v) is 2.26. The number of rotatable bonds is 7. The number of hydrogen-bond acceptors (Lipinski definition) is 5. The minimum atomic E-state index is -3.91. The Balaban J connectivity index is 2.85. The first-order chi connectivity index (χ1) is 9.38. The van der Waals surface area contributed by atoms with Gasteiger partial charge in [0.25, 0.3) is 9.05 Å². The summed E-state index contributed by atoms with van der Waals surface area (Å²) in [6.45, 7) is 2.12. The molecule has 0 saturated carbocycles. The van der Waals surface area contributed by atoms with E-state index in [2.05, 4.69) is 10.3 Å². The lowest BCUT2D eigenvalue weighted by Gasteiger charge is -2.06. The molecule has 1 amide bonds. The number of nitrogens with one attached hydrogen (secondary N) is 1. The molecule has 0 aliphatic heterocycles. The first-order valence-corrected chi connectivity index (χ1v) is 8.33. The predicted molar refractivity (Wildman–Crippen MR) is 72.5 cm³/mol. The monoisotopic (exact) mass is 318 g/mol. The number of halogens is 1.